The van der Waals surface area contributed by atoms with Crippen molar-refractivity contribution < 1.29 is 33.9 Å². The second kappa shape index (κ2) is 14.7. The third-order valence-corrected chi connectivity index (χ3v) is 6.26. The number of carboxylic acid groups (broad SMARTS) is 1. The van der Waals surface area contributed by atoms with E-state index in [4.69, 9.17) is 10.8 Å². The Morgan fingerprint density at radius 1 is 1.09 bits per heavy atom. The molecule has 12 nitrogen and oxygen atoms in total. The lowest BCUT2D eigenvalue weighted by Crippen LogP contribution is -2.58. The SMILES string of the molecule is CSCC[C@H](NC(=O)[C@H](CCC(=O)O)NC(C)=O)C(=O)N1CCCC1C(=O)NC(CS)C(N)=O. The third-order valence-electron chi connectivity index (χ3n) is 5.25. The molecule has 0 aromatic rings. The van der Waals surface area contributed by atoms with E-state index in [1.807, 2.05) is 6.26 Å². The molecule has 192 valence electrons. The summed E-state index contributed by atoms with van der Waals surface area (Å²) in [7, 11) is 0. The Bertz CT molecular complexity index is 782. The van der Waals surface area contributed by atoms with Crippen LogP contribution in [-0.4, -0.2) is 94.0 Å². The van der Waals surface area contributed by atoms with Crippen molar-refractivity contribution in [2.45, 2.75) is 63.2 Å². The first-order chi connectivity index (χ1) is 16.0. The minimum atomic E-state index is -1.13. The summed E-state index contributed by atoms with van der Waals surface area (Å²) >= 11 is 5.47. The number of carbonyl (C=O) groups excluding carboxylic acids is 5. The topological polar surface area (TPSA) is 188 Å². The molecule has 6 N–H and O–H groups in total. The fourth-order valence-corrected chi connectivity index (χ4v) is 4.27. The lowest BCUT2D eigenvalue weighted by Gasteiger charge is -2.30. The quantitative estimate of drug-likeness (QED) is 0.149. The molecule has 1 aliphatic heterocycles. The molecule has 1 rings (SSSR count). The maximum Gasteiger partial charge on any atom is 0.303 e. The van der Waals surface area contributed by atoms with Crippen LogP contribution in [0, 0.1) is 0 Å². The highest BCUT2D eigenvalue weighted by Gasteiger charge is 2.39. The molecule has 1 fully saturated rings. The number of rotatable bonds is 14. The molecule has 0 spiro atoms. The van der Waals surface area contributed by atoms with E-state index in [1.165, 1.54) is 23.6 Å². The van der Waals surface area contributed by atoms with E-state index in [1.54, 1.807) is 0 Å². The van der Waals surface area contributed by atoms with Gasteiger partial charge >= 0.3 is 5.97 Å². The summed E-state index contributed by atoms with van der Waals surface area (Å²) in [6.07, 6.45) is 2.56. The van der Waals surface area contributed by atoms with Gasteiger partial charge in [0.25, 0.3) is 0 Å². The van der Waals surface area contributed by atoms with Gasteiger partial charge in [0.05, 0.1) is 0 Å². The summed E-state index contributed by atoms with van der Waals surface area (Å²) in [5.41, 5.74) is 5.25. The van der Waals surface area contributed by atoms with Gasteiger partial charge in [0, 0.05) is 25.6 Å². The molecule has 0 aromatic heterocycles. The maximum atomic E-state index is 13.3. The normalized spacial score (nSPS) is 17.9. The first kappa shape index (κ1) is 29.6. The number of nitrogens with zero attached hydrogens (tertiary/aromatic N) is 1. The standard InChI is InChI=1S/C20H33N5O7S2/c1-11(26)22-12(5-6-16(27)28)18(30)23-13(7-9-34-2)20(32)25-8-3-4-15(25)19(31)24-14(10-33)17(21)29/h12-15,33H,3-10H2,1-2H3,(H2,21,29)(H,22,26)(H,23,30)(H,24,31)(H,27,28)/t12-,13-,14?,15?/m0/s1. The molecule has 1 saturated heterocycles. The van der Waals surface area contributed by atoms with Gasteiger partial charge in [-0.15, -0.1) is 0 Å². The zero-order valence-corrected chi connectivity index (χ0v) is 21.0. The predicted molar refractivity (Wildman–Crippen MR) is 129 cm³/mol. The van der Waals surface area contributed by atoms with Crippen molar-refractivity contribution in [3.63, 3.8) is 0 Å². The van der Waals surface area contributed by atoms with Crippen LogP contribution in [0.3, 0.4) is 0 Å². The molecule has 1 heterocycles. The van der Waals surface area contributed by atoms with Crippen LogP contribution < -0.4 is 21.7 Å². The highest BCUT2D eigenvalue weighted by atomic mass is 32.2. The van der Waals surface area contributed by atoms with E-state index in [0.29, 0.717) is 25.1 Å². The molecule has 4 atom stereocenters. The lowest BCUT2D eigenvalue weighted by atomic mass is 10.1. The van der Waals surface area contributed by atoms with Crippen LogP contribution in [0.15, 0.2) is 0 Å². The Hall–Kier alpha value is -2.48. The summed E-state index contributed by atoms with van der Waals surface area (Å²) < 4.78 is 0. The average molecular weight is 520 g/mol. The van der Waals surface area contributed by atoms with Gasteiger partial charge in [0.2, 0.25) is 29.5 Å². The number of carbonyl (C=O) groups is 6. The molecule has 2 unspecified atom stereocenters. The number of thioether (sulfide) groups is 1. The number of thiol groups is 1. The fourth-order valence-electron chi connectivity index (χ4n) is 3.53. The number of nitrogens with two attached hydrogens (primary N) is 1. The van der Waals surface area contributed by atoms with E-state index in [9.17, 15) is 28.8 Å². The fraction of sp³-hybridized carbons (Fsp3) is 0.700. The van der Waals surface area contributed by atoms with E-state index in [2.05, 4.69) is 28.6 Å². The number of amides is 5. The van der Waals surface area contributed by atoms with Crippen LogP contribution in [0.1, 0.15) is 39.0 Å². The average Bonchev–Trinajstić information content (AvgIpc) is 3.26. The van der Waals surface area contributed by atoms with Gasteiger partial charge in [-0.1, -0.05) is 0 Å². The highest BCUT2D eigenvalue weighted by Crippen LogP contribution is 2.20. The number of aliphatic carboxylic acids is 1. The zero-order chi connectivity index (χ0) is 25.8. The number of primary amides is 1. The predicted octanol–water partition coefficient (Wildman–Crippen LogP) is -1.52. The van der Waals surface area contributed by atoms with Crippen LogP contribution in [-0.2, 0) is 28.8 Å². The van der Waals surface area contributed by atoms with Crippen molar-refractivity contribution in [2.75, 3.05) is 24.3 Å². The minimum Gasteiger partial charge on any atom is -0.481 e. The van der Waals surface area contributed by atoms with Gasteiger partial charge in [-0.3, -0.25) is 28.8 Å². The number of nitrogens with one attached hydrogen (secondary N) is 3. The second-order valence-corrected chi connectivity index (χ2v) is 9.21. The molecule has 5 amide bonds. The summed E-state index contributed by atoms with van der Waals surface area (Å²) in [6, 6.07) is -3.91. The minimum absolute atomic E-state index is 0.00895. The summed E-state index contributed by atoms with van der Waals surface area (Å²) in [6.45, 7) is 1.49. The molecular formula is C20H33N5O7S2. The van der Waals surface area contributed by atoms with E-state index < -0.39 is 59.7 Å². The number of hydrogen-bond donors (Lipinski definition) is 6. The van der Waals surface area contributed by atoms with Crippen molar-refractivity contribution in [3.05, 3.63) is 0 Å². The summed E-state index contributed by atoms with van der Waals surface area (Å²) in [5.74, 6) is -3.52. The lowest BCUT2D eigenvalue weighted by molar-refractivity contribution is -0.142. The van der Waals surface area contributed by atoms with Crippen LogP contribution >= 0.6 is 24.4 Å². The van der Waals surface area contributed by atoms with Crippen LogP contribution in [0.25, 0.3) is 0 Å². The van der Waals surface area contributed by atoms with Crippen LogP contribution in [0.4, 0.5) is 0 Å². The molecule has 0 aromatic carbocycles. The Kier molecular flexibility index (Phi) is 12.8. The number of carboxylic acids is 1. The van der Waals surface area contributed by atoms with Gasteiger partial charge < -0.3 is 31.7 Å². The third kappa shape index (κ3) is 9.41. The van der Waals surface area contributed by atoms with Gasteiger partial charge in [0.15, 0.2) is 0 Å². The Balaban J connectivity index is 3.00. The molecule has 34 heavy (non-hydrogen) atoms. The van der Waals surface area contributed by atoms with Crippen molar-refractivity contribution in [1.29, 1.82) is 0 Å². The Morgan fingerprint density at radius 2 is 1.76 bits per heavy atom. The van der Waals surface area contributed by atoms with E-state index in [-0.39, 0.29) is 25.0 Å². The second-order valence-electron chi connectivity index (χ2n) is 7.86. The summed E-state index contributed by atoms with van der Waals surface area (Å²) in [5, 5.41) is 16.5. The van der Waals surface area contributed by atoms with E-state index in [0.717, 1.165) is 0 Å². The van der Waals surface area contributed by atoms with Crippen molar-refractivity contribution in [1.82, 2.24) is 20.9 Å². The van der Waals surface area contributed by atoms with Gasteiger partial charge in [0.1, 0.15) is 24.2 Å². The van der Waals surface area contributed by atoms with Crippen molar-refractivity contribution >= 4 is 59.9 Å². The highest BCUT2D eigenvalue weighted by molar-refractivity contribution is 7.98. The smallest absolute Gasteiger partial charge is 0.303 e. The number of likely N-dealkylation sites (tertiary alicyclic amines) is 1. The molecule has 0 aliphatic carbocycles. The Morgan fingerprint density at radius 3 is 2.29 bits per heavy atom. The van der Waals surface area contributed by atoms with Gasteiger partial charge in [-0.2, -0.15) is 24.4 Å². The molecule has 0 radical (unpaired) electrons. The van der Waals surface area contributed by atoms with E-state index >= 15 is 0 Å². The van der Waals surface area contributed by atoms with Gasteiger partial charge in [-0.05, 0) is 37.7 Å². The Labute approximate surface area is 207 Å². The zero-order valence-electron chi connectivity index (χ0n) is 19.2. The first-order valence-electron chi connectivity index (χ1n) is 10.8. The molecule has 1 aliphatic rings. The molecule has 0 bridgehead atoms. The molecule has 0 saturated carbocycles. The van der Waals surface area contributed by atoms with Crippen molar-refractivity contribution in [2.24, 2.45) is 5.73 Å². The number of hydrogen-bond acceptors (Lipinski definition) is 8. The largest absolute Gasteiger partial charge is 0.481 e. The van der Waals surface area contributed by atoms with Crippen molar-refractivity contribution in [3.8, 4) is 0 Å². The first-order valence-corrected chi connectivity index (χ1v) is 12.8. The molecular weight excluding hydrogens is 486 g/mol. The van der Waals surface area contributed by atoms with Crippen LogP contribution in [0.2, 0.25) is 0 Å². The van der Waals surface area contributed by atoms with Crippen LogP contribution in [0.5, 0.6) is 0 Å². The van der Waals surface area contributed by atoms with Gasteiger partial charge in [-0.25, -0.2) is 0 Å². The maximum absolute atomic E-state index is 13.3. The molecule has 14 heteroatoms. The monoisotopic (exact) mass is 519 g/mol. The summed E-state index contributed by atoms with van der Waals surface area (Å²) in [4.78, 5) is 74.1.